The molecule has 100 valence electrons. The quantitative estimate of drug-likeness (QED) is 0.618. The fraction of sp³-hybridized carbons (Fsp3) is 0. The Morgan fingerprint density at radius 2 is 1.80 bits per heavy atom. The van der Waals surface area contributed by atoms with Crippen molar-refractivity contribution < 1.29 is 0 Å². The molecular weight excluding hydrogens is 356 g/mol. The Balaban J connectivity index is 1.84. The Hall–Kier alpha value is -1.36. The molecule has 1 heterocycles. The van der Waals surface area contributed by atoms with Crippen LogP contribution >= 0.6 is 38.9 Å². The first kappa shape index (κ1) is 13.6. The van der Waals surface area contributed by atoms with Crippen molar-refractivity contribution in [2.45, 2.75) is 0 Å². The summed E-state index contributed by atoms with van der Waals surface area (Å²) in [5.41, 5.74) is 2.85. The van der Waals surface area contributed by atoms with Gasteiger partial charge < -0.3 is 5.32 Å². The van der Waals surface area contributed by atoms with Crippen molar-refractivity contribution in [3.63, 3.8) is 0 Å². The highest BCUT2D eigenvalue weighted by molar-refractivity contribution is 9.10. The van der Waals surface area contributed by atoms with Gasteiger partial charge in [-0.2, -0.15) is 0 Å². The molecule has 0 spiro atoms. The highest BCUT2D eigenvalue weighted by Gasteiger charge is 2.07. The summed E-state index contributed by atoms with van der Waals surface area (Å²) in [5, 5.41) is 6.85. The van der Waals surface area contributed by atoms with Gasteiger partial charge >= 0.3 is 0 Å². The number of hydrogen-bond donors (Lipinski definition) is 1. The van der Waals surface area contributed by atoms with Crippen molar-refractivity contribution in [3.8, 4) is 11.3 Å². The van der Waals surface area contributed by atoms with Crippen molar-refractivity contribution in [3.05, 3.63) is 63.4 Å². The number of rotatable bonds is 3. The van der Waals surface area contributed by atoms with Crippen molar-refractivity contribution in [1.29, 1.82) is 0 Å². The van der Waals surface area contributed by atoms with E-state index in [9.17, 15) is 0 Å². The molecule has 20 heavy (non-hydrogen) atoms. The highest BCUT2D eigenvalue weighted by Crippen LogP contribution is 2.31. The number of aromatic nitrogens is 1. The zero-order valence-corrected chi connectivity index (χ0v) is 13.5. The molecular formula is C15H10BrClN2S. The molecule has 2 nitrogen and oxygen atoms in total. The van der Waals surface area contributed by atoms with Gasteiger partial charge in [-0.15, -0.1) is 11.3 Å². The maximum absolute atomic E-state index is 6.18. The normalized spacial score (nSPS) is 10.5. The van der Waals surface area contributed by atoms with Gasteiger partial charge in [-0.1, -0.05) is 45.7 Å². The Morgan fingerprint density at radius 3 is 2.55 bits per heavy atom. The molecule has 3 aromatic rings. The number of thiazole rings is 1. The Labute approximate surface area is 134 Å². The van der Waals surface area contributed by atoms with Gasteiger partial charge in [0.25, 0.3) is 0 Å². The second-order valence-electron chi connectivity index (χ2n) is 4.15. The summed E-state index contributed by atoms with van der Waals surface area (Å²) in [4.78, 5) is 4.57. The van der Waals surface area contributed by atoms with E-state index in [1.54, 1.807) is 11.3 Å². The summed E-state index contributed by atoms with van der Waals surface area (Å²) >= 11 is 11.2. The number of benzene rings is 2. The lowest BCUT2D eigenvalue weighted by Gasteiger charge is -2.02. The number of hydrogen-bond acceptors (Lipinski definition) is 3. The lowest BCUT2D eigenvalue weighted by molar-refractivity contribution is 1.38. The van der Waals surface area contributed by atoms with E-state index in [2.05, 4.69) is 26.2 Å². The smallest absolute Gasteiger partial charge is 0.187 e. The second kappa shape index (κ2) is 5.95. The molecule has 2 aromatic carbocycles. The molecule has 0 saturated heterocycles. The Morgan fingerprint density at radius 1 is 1.05 bits per heavy atom. The monoisotopic (exact) mass is 364 g/mol. The predicted octanol–water partition coefficient (Wildman–Crippen LogP) is 5.97. The van der Waals surface area contributed by atoms with Crippen LogP contribution in [0.3, 0.4) is 0 Å². The lowest BCUT2D eigenvalue weighted by atomic mass is 10.2. The number of nitrogens with one attached hydrogen (secondary N) is 1. The van der Waals surface area contributed by atoms with E-state index >= 15 is 0 Å². The van der Waals surface area contributed by atoms with Crippen LogP contribution in [0.5, 0.6) is 0 Å². The van der Waals surface area contributed by atoms with E-state index in [1.807, 2.05) is 53.9 Å². The molecule has 1 aromatic heterocycles. The van der Waals surface area contributed by atoms with Crippen LogP contribution in [0.25, 0.3) is 11.3 Å². The summed E-state index contributed by atoms with van der Waals surface area (Å²) < 4.78 is 1.05. The first-order valence-corrected chi connectivity index (χ1v) is 8.00. The largest absolute Gasteiger partial charge is 0.332 e. The van der Waals surface area contributed by atoms with Gasteiger partial charge in [0, 0.05) is 26.1 Å². The van der Waals surface area contributed by atoms with Gasteiger partial charge in [0.15, 0.2) is 5.13 Å². The number of nitrogens with zero attached hydrogens (tertiary/aromatic N) is 1. The molecule has 0 bridgehead atoms. The number of anilines is 2. The average molecular weight is 366 g/mol. The molecule has 0 aliphatic rings. The predicted molar refractivity (Wildman–Crippen MR) is 90.0 cm³/mol. The summed E-state index contributed by atoms with van der Waals surface area (Å²) in [6, 6.07) is 15.7. The van der Waals surface area contributed by atoms with Crippen molar-refractivity contribution in [1.82, 2.24) is 4.98 Å². The molecule has 0 amide bonds. The first-order valence-electron chi connectivity index (χ1n) is 5.95. The zero-order chi connectivity index (χ0) is 13.9. The molecule has 0 radical (unpaired) electrons. The van der Waals surface area contributed by atoms with Crippen LogP contribution in [-0.2, 0) is 0 Å². The second-order valence-corrected chi connectivity index (χ2v) is 6.33. The third-order valence-corrected chi connectivity index (χ3v) is 4.37. The SMILES string of the molecule is Clc1ccccc1-c1csc(Nc2ccc(Br)cc2)n1. The molecule has 5 heteroatoms. The van der Waals surface area contributed by atoms with Crippen molar-refractivity contribution in [2.24, 2.45) is 0 Å². The van der Waals surface area contributed by atoms with Crippen LogP contribution in [-0.4, -0.2) is 4.98 Å². The minimum Gasteiger partial charge on any atom is -0.332 e. The average Bonchev–Trinajstić information content (AvgIpc) is 2.90. The third-order valence-electron chi connectivity index (χ3n) is 2.75. The topological polar surface area (TPSA) is 24.9 Å². The van der Waals surface area contributed by atoms with Gasteiger partial charge in [0.05, 0.1) is 5.69 Å². The Kier molecular flexibility index (Phi) is 4.05. The van der Waals surface area contributed by atoms with Crippen molar-refractivity contribution in [2.75, 3.05) is 5.32 Å². The number of halogens is 2. The van der Waals surface area contributed by atoms with Crippen molar-refractivity contribution >= 4 is 49.7 Å². The summed E-state index contributed by atoms with van der Waals surface area (Å²) in [6.45, 7) is 0. The van der Waals surface area contributed by atoms with Crippen LogP contribution in [0.2, 0.25) is 5.02 Å². The Bertz CT molecular complexity index is 725. The summed E-state index contributed by atoms with van der Waals surface area (Å²) in [7, 11) is 0. The van der Waals surface area contributed by atoms with Gasteiger partial charge in [0.2, 0.25) is 0 Å². The van der Waals surface area contributed by atoms with Gasteiger partial charge in [-0.05, 0) is 30.3 Å². The van der Waals surface area contributed by atoms with Gasteiger partial charge in [-0.3, -0.25) is 0 Å². The molecule has 0 unspecified atom stereocenters. The maximum Gasteiger partial charge on any atom is 0.187 e. The summed E-state index contributed by atoms with van der Waals surface area (Å²) in [5.74, 6) is 0. The highest BCUT2D eigenvalue weighted by atomic mass is 79.9. The van der Waals surface area contributed by atoms with Crippen LogP contribution < -0.4 is 5.32 Å². The minimum atomic E-state index is 0.716. The van der Waals surface area contributed by atoms with E-state index in [0.717, 1.165) is 26.5 Å². The zero-order valence-electron chi connectivity index (χ0n) is 10.3. The first-order chi connectivity index (χ1) is 9.72. The molecule has 1 N–H and O–H groups in total. The third kappa shape index (κ3) is 3.03. The van der Waals surface area contributed by atoms with Gasteiger partial charge in [0.1, 0.15) is 0 Å². The summed E-state index contributed by atoms with van der Waals surface area (Å²) in [6.07, 6.45) is 0. The van der Waals surface area contributed by atoms with Crippen LogP contribution in [0.1, 0.15) is 0 Å². The molecule has 0 aliphatic heterocycles. The van der Waals surface area contributed by atoms with Crippen LogP contribution in [0.15, 0.2) is 58.4 Å². The maximum atomic E-state index is 6.18. The standard InChI is InChI=1S/C15H10BrClN2S/c16-10-5-7-11(8-6-10)18-15-19-14(9-20-15)12-3-1-2-4-13(12)17/h1-9H,(H,18,19). The molecule has 0 fully saturated rings. The van der Waals surface area contributed by atoms with E-state index in [4.69, 9.17) is 11.6 Å². The molecule has 3 rings (SSSR count). The lowest BCUT2D eigenvalue weighted by Crippen LogP contribution is -1.89. The van der Waals surface area contributed by atoms with E-state index < -0.39 is 0 Å². The fourth-order valence-corrected chi connectivity index (χ4v) is 3.01. The molecule has 0 atom stereocenters. The van der Waals surface area contributed by atoms with E-state index in [1.165, 1.54) is 0 Å². The van der Waals surface area contributed by atoms with E-state index in [-0.39, 0.29) is 0 Å². The van der Waals surface area contributed by atoms with Gasteiger partial charge in [-0.25, -0.2) is 4.98 Å². The molecule has 0 aliphatic carbocycles. The van der Waals surface area contributed by atoms with E-state index in [0.29, 0.717) is 5.02 Å². The minimum absolute atomic E-state index is 0.716. The molecule has 0 saturated carbocycles. The van der Waals surface area contributed by atoms with Crippen LogP contribution in [0.4, 0.5) is 10.8 Å². The fourth-order valence-electron chi connectivity index (χ4n) is 1.78. The van der Waals surface area contributed by atoms with Crippen LogP contribution in [0, 0.1) is 0 Å².